The summed E-state index contributed by atoms with van der Waals surface area (Å²) in [6.45, 7) is 3.52. The molecule has 0 aliphatic heterocycles. The quantitative estimate of drug-likeness (QED) is 0.638. The number of nitrogens with zero attached hydrogens (tertiary/aromatic N) is 1. The number of hydrogen-bond donors (Lipinski definition) is 2. The summed E-state index contributed by atoms with van der Waals surface area (Å²) < 4.78 is 44.9. The summed E-state index contributed by atoms with van der Waals surface area (Å²) in [7, 11) is 0. The second-order valence-electron chi connectivity index (χ2n) is 4.44. The number of hydrogen-bond acceptors (Lipinski definition) is 5. The monoisotopic (exact) mass is 319 g/mol. The van der Waals surface area contributed by atoms with Gasteiger partial charge in [-0.3, -0.25) is 4.79 Å². The van der Waals surface area contributed by atoms with Crippen molar-refractivity contribution in [2.24, 2.45) is 0 Å². The minimum atomic E-state index is -5.14. The van der Waals surface area contributed by atoms with Gasteiger partial charge in [0, 0.05) is 12.6 Å². The zero-order valence-corrected chi connectivity index (χ0v) is 12.2. The molecule has 0 aliphatic carbocycles. The molecule has 0 spiro atoms. The lowest BCUT2D eigenvalue weighted by Crippen LogP contribution is -2.69. The molecule has 1 aromatic rings. The van der Waals surface area contributed by atoms with Gasteiger partial charge in [0.1, 0.15) is 5.82 Å². The predicted octanol–water partition coefficient (Wildman–Crippen LogP) is 1.76. The first kappa shape index (κ1) is 17.7. The largest absolute Gasteiger partial charge is 0.463 e. The van der Waals surface area contributed by atoms with Crippen molar-refractivity contribution in [2.75, 3.05) is 11.9 Å². The maximum atomic E-state index is 13.5. The first-order valence-corrected chi connectivity index (χ1v) is 6.37. The van der Waals surface area contributed by atoms with Gasteiger partial charge in [0.2, 0.25) is 5.91 Å². The van der Waals surface area contributed by atoms with Crippen LogP contribution in [0.25, 0.3) is 0 Å². The van der Waals surface area contributed by atoms with Crippen LogP contribution in [0.5, 0.6) is 0 Å². The van der Waals surface area contributed by atoms with Crippen LogP contribution in [0.2, 0.25) is 0 Å². The number of aromatic nitrogens is 1. The molecule has 1 amide bonds. The maximum absolute atomic E-state index is 13.5. The highest BCUT2D eigenvalue weighted by molar-refractivity contribution is 5.90. The fourth-order valence-electron chi connectivity index (χ4n) is 1.70. The summed E-state index contributed by atoms with van der Waals surface area (Å²) in [4.78, 5) is 26.9. The number of rotatable bonds is 5. The summed E-state index contributed by atoms with van der Waals surface area (Å²) >= 11 is 0. The van der Waals surface area contributed by atoms with Crippen molar-refractivity contribution in [1.29, 1.82) is 0 Å². The number of halogens is 3. The van der Waals surface area contributed by atoms with Crippen LogP contribution in [0.1, 0.15) is 19.5 Å². The molecule has 0 radical (unpaired) electrons. The number of alkyl halides is 3. The number of anilines is 1. The standard InChI is InChI=1S/C13H16F3N3O3/c1-4-22-11(21)12(13(14,15)16,18-9(3)20)19-10-7-5-6-8(2)17-10/h5-7H,4H2,1-3H3,(H,17,19)(H,18,20). The van der Waals surface area contributed by atoms with E-state index in [0.29, 0.717) is 5.69 Å². The number of aryl methyl sites for hydroxylation is 1. The van der Waals surface area contributed by atoms with Crippen molar-refractivity contribution in [3.8, 4) is 0 Å². The molecule has 122 valence electrons. The molecule has 0 bridgehead atoms. The topological polar surface area (TPSA) is 80.3 Å². The smallest absolute Gasteiger partial charge is 0.441 e. The normalized spacial score (nSPS) is 13.9. The van der Waals surface area contributed by atoms with E-state index in [1.807, 2.05) is 5.32 Å². The summed E-state index contributed by atoms with van der Waals surface area (Å²) in [6, 6.07) is 4.28. The van der Waals surface area contributed by atoms with Gasteiger partial charge in [-0.25, -0.2) is 9.78 Å². The Hall–Kier alpha value is -2.32. The fourth-order valence-corrected chi connectivity index (χ4v) is 1.70. The third kappa shape index (κ3) is 3.86. The van der Waals surface area contributed by atoms with E-state index in [-0.39, 0.29) is 12.4 Å². The van der Waals surface area contributed by atoms with Crippen LogP contribution in [-0.2, 0) is 14.3 Å². The van der Waals surface area contributed by atoms with Crippen LogP contribution in [0.4, 0.5) is 19.0 Å². The Labute approximate surface area is 125 Å². The van der Waals surface area contributed by atoms with E-state index in [2.05, 4.69) is 9.72 Å². The van der Waals surface area contributed by atoms with Gasteiger partial charge in [0.25, 0.3) is 0 Å². The van der Waals surface area contributed by atoms with Crippen LogP contribution in [0.3, 0.4) is 0 Å². The van der Waals surface area contributed by atoms with E-state index in [0.717, 1.165) is 6.92 Å². The van der Waals surface area contributed by atoms with E-state index < -0.39 is 23.7 Å². The van der Waals surface area contributed by atoms with Crippen molar-refractivity contribution >= 4 is 17.7 Å². The molecule has 6 nitrogen and oxygen atoms in total. The highest BCUT2D eigenvalue weighted by atomic mass is 19.4. The Morgan fingerprint density at radius 3 is 2.41 bits per heavy atom. The molecule has 1 aromatic heterocycles. The Balaban J connectivity index is 3.34. The zero-order valence-electron chi connectivity index (χ0n) is 12.2. The molecule has 0 aliphatic rings. The first-order valence-electron chi connectivity index (χ1n) is 6.37. The lowest BCUT2D eigenvalue weighted by molar-refractivity contribution is -0.207. The Bertz CT molecular complexity index is 563. The van der Waals surface area contributed by atoms with Crippen molar-refractivity contribution in [1.82, 2.24) is 10.3 Å². The third-order valence-electron chi connectivity index (χ3n) is 2.57. The first-order chi connectivity index (χ1) is 10.1. The molecule has 22 heavy (non-hydrogen) atoms. The van der Waals surface area contributed by atoms with Gasteiger partial charge >= 0.3 is 17.8 Å². The molecule has 0 fully saturated rings. The Morgan fingerprint density at radius 2 is 1.95 bits per heavy atom. The average Bonchev–Trinajstić information content (AvgIpc) is 2.36. The van der Waals surface area contributed by atoms with E-state index >= 15 is 0 Å². The van der Waals surface area contributed by atoms with Crippen LogP contribution in [-0.4, -0.2) is 35.3 Å². The van der Waals surface area contributed by atoms with E-state index in [9.17, 15) is 22.8 Å². The van der Waals surface area contributed by atoms with Crippen LogP contribution >= 0.6 is 0 Å². The number of pyridine rings is 1. The lowest BCUT2D eigenvalue weighted by Gasteiger charge is -2.34. The second-order valence-corrected chi connectivity index (χ2v) is 4.44. The number of ether oxygens (including phenoxy) is 1. The van der Waals surface area contributed by atoms with E-state index in [1.165, 1.54) is 19.1 Å². The van der Waals surface area contributed by atoms with Gasteiger partial charge in [-0.1, -0.05) is 6.07 Å². The number of carbonyl (C=O) groups excluding carboxylic acids is 2. The summed E-state index contributed by atoms with van der Waals surface area (Å²) in [5.41, 5.74) is -2.97. The molecule has 1 heterocycles. The van der Waals surface area contributed by atoms with Gasteiger partial charge in [-0.15, -0.1) is 0 Å². The highest BCUT2D eigenvalue weighted by Crippen LogP contribution is 2.32. The van der Waals surface area contributed by atoms with Crippen molar-refractivity contribution in [3.63, 3.8) is 0 Å². The summed E-state index contributed by atoms with van der Waals surface area (Å²) in [6.07, 6.45) is -5.14. The molecule has 1 rings (SSSR count). The maximum Gasteiger partial charge on any atom is 0.441 e. The third-order valence-corrected chi connectivity index (χ3v) is 2.57. The van der Waals surface area contributed by atoms with Crippen molar-refractivity contribution in [2.45, 2.75) is 32.6 Å². The molecular weight excluding hydrogens is 303 g/mol. The number of amides is 1. The van der Waals surface area contributed by atoms with Gasteiger partial charge in [0.15, 0.2) is 0 Å². The molecule has 0 saturated heterocycles. The molecule has 9 heteroatoms. The van der Waals surface area contributed by atoms with Crippen LogP contribution < -0.4 is 10.6 Å². The zero-order chi connectivity index (χ0) is 17.0. The molecule has 2 N–H and O–H groups in total. The molecule has 1 atom stereocenters. The van der Waals surface area contributed by atoms with Crippen molar-refractivity contribution < 1.29 is 27.5 Å². The second kappa shape index (κ2) is 6.63. The van der Waals surface area contributed by atoms with E-state index in [1.54, 1.807) is 18.3 Å². The average molecular weight is 319 g/mol. The predicted molar refractivity (Wildman–Crippen MR) is 71.8 cm³/mol. The molecular formula is C13H16F3N3O3. The summed E-state index contributed by atoms with van der Waals surface area (Å²) in [5, 5.41) is 3.54. The Kier molecular flexibility index (Phi) is 5.34. The number of nitrogens with one attached hydrogen (secondary N) is 2. The van der Waals surface area contributed by atoms with Gasteiger partial charge < -0.3 is 15.4 Å². The molecule has 0 saturated carbocycles. The molecule has 0 aromatic carbocycles. The molecule has 1 unspecified atom stereocenters. The summed E-state index contributed by atoms with van der Waals surface area (Å²) in [5.74, 6) is -2.94. The Morgan fingerprint density at radius 1 is 1.32 bits per heavy atom. The van der Waals surface area contributed by atoms with E-state index in [4.69, 9.17) is 0 Å². The van der Waals surface area contributed by atoms with Gasteiger partial charge in [-0.2, -0.15) is 13.2 Å². The number of esters is 1. The SMILES string of the molecule is CCOC(=O)C(NC(C)=O)(Nc1cccc(C)n1)C(F)(F)F. The van der Waals surface area contributed by atoms with Gasteiger partial charge in [-0.05, 0) is 26.0 Å². The minimum absolute atomic E-state index is 0.223. The minimum Gasteiger partial charge on any atom is -0.463 e. The van der Waals surface area contributed by atoms with Gasteiger partial charge in [0.05, 0.1) is 6.61 Å². The van der Waals surface area contributed by atoms with Crippen molar-refractivity contribution in [3.05, 3.63) is 23.9 Å². The highest BCUT2D eigenvalue weighted by Gasteiger charge is 2.63. The van der Waals surface area contributed by atoms with Crippen LogP contribution in [0, 0.1) is 6.92 Å². The number of carbonyl (C=O) groups is 2. The fraction of sp³-hybridized carbons (Fsp3) is 0.462. The van der Waals surface area contributed by atoms with Crippen LogP contribution in [0.15, 0.2) is 18.2 Å². The lowest BCUT2D eigenvalue weighted by atomic mass is 10.1.